The van der Waals surface area contributed by atoms with Crippen LogP contribution in [0.1, 0.15) is 17.4 Å². The highest BCUT2D eigenvalue weighted by atomic mass is 35.5. The number of aliphatic carboxylic acids is 1. The van der Waals surface area contributed by atoms with E-state index in [-0.39, 0.29) is 24.7 Å². The third-order valence-electron chi connectivity index (χ3n) is 8.09. The summed E-state index contributed by atoms with van der Waals surface area (Å²) < 4.78 is 12.9. The van der Waals surface area contributed by atoms with Gasteiger partial charge in [0.1, 0.15) is 24.2 Å². The molecular weight excluding hydrogens is 632 g/mol. The number of hydrogen-bond acceptors (Lipinski definition) is 11. The lowest BCUT2D eigenvalue weighted by Crippen LogP contribution is -2.49. The van der Waals surface area contributed by atoms with E-state index >= 15 is 0 Å². The Labute approximate surface area is 273 Å². The van der Waals surface area contributed by atoms with Gasteiger partial charge in [0.05, 0.1) is 6.33 Å². The van der Waals surface area contributed by atoms with Crippen LogP contribution in [-0.4, -0.2) is 102 Å². The highest BCUT2D eigenvalue weighted by Crippen LogP contribution is 2.34. The molecule has 4 aromatic rings. The molecule has 3 N–H and O–H groups in total. The van der Waals surface area contributed by atoms with Gasteiger partial charge in [-0.05, 0) is 29.3 Å². The average Bonchev–Trinajstić information content (AvgIpc) is 3.65. The molecule has 0 saturated carbocycles. The topological polar surface area (TPSA) is 204 Å². The summed E-state index contributed by atoms with van der Waals surface area (Å²) in [6.07, 6.45) is -1.64. The number of halogens is 1. The number of piperazine rings is 1. The lowest BCUT2D eigenvalue weighted by atomic mass is 10.1. The van der Waals surface area contributed by atoms with Crippen molar-refractivity contribution < 1.29 is 29.3 Å². The molecule has 1 amide bonds. The molecule has 2 fully saturated rings. The Morgan fingerprint density at radius 1 is 1.13 bits per heavy atom. The third kappa shape index (κ3) is 7.06. The lowest BCUT2D eigenvalue weighted by molar-refractivity contribution is -0.152. The van der Waals surface area contributed by atoms with Crippen LogP contribution in [0, 0.1) is 0 Å². The Hall–Kier alpha value is -4.99. The first-order valence-corrected chi connectivity index (χ1v) is 15.2. The summed E-state index contributed by atoms with van der Waals surface area (Å²) in [5.41, 5.74) is 11.3. The standard InChI is InChI=1S/C30H31ClN10O6/c31-20-6-7-21(46-15-22(42)40-10-8-39(9-11-40)14-18-4-2-1-3-5-18)19(12-20)13-33-27-24-28(35-16-34-27)41(17-36-24)29-25(43)23(37-38-32)26(47-29)30(44)45/h1-7,12,16-17,23,25-26,29,43H,8-11,13-15H2,(H,44,45)(H,33,34,35). The average molecular weight is 663 g/mol. The molecule has 6 rings (SSSR count). The second-order valence-corrected chi connectivity index (χ2v) is 11.5. The molecule has 4 heterocycles. The molecule has 2 aromatic carbocycles. The highest BCUT2D eigenvalue weighted by Gasteiger charge is 2.48. The smallest absolute Gasteiger partial charge is 0.333 e. The number of ether oxygens (including phenoxy) is 2. The number of aliphatic hydroxyl groups is 1. The van der Waals surface area contributed by atoms with Gasteiger partial charge in [0.25, 0.3) is 5.91 Å². The van der Waals surface area contributed by atoms with E-state index in [4.69, 9.17) is 26.6 Å². The van der Waals surface area contributed by atoms with Gasteiger partial charge in [-0.2, -0.15) is 0 Å². The van der Waals surface area contributed by atoms with Gasteiger partial charge in [0.15, 0.2) is 35.9 Å². The van der Waals surface area contributed by atoms with Gasteiger partial charge in [-0.1, -0.05) is 47.0 Å². The maximum atomic E-state index is 13.0. The van der Waals surface area contributed by atoms with Crippen molar-refractivity contribution in [3.05, 3.63) is 87.8 Å². The van der Waals surface area contributed by atoms with Crippen molar-refractivity contribution in [2.24, 2.45) is 5.11 Å². The highest BCUT2D eigenvalue weighted by molar-refractivity contribution is 6.30. The molecule has 17 heteroatoms. The van der Waals surface area contributed by atoms with Gasteiger partial charge in [0.2, 0.25) is 0 Å². The first-order chi connectivity index (χ1) is 22.8. The van der Waals surface area contributed by atoms with Crippen molar-refractivity contribution in [1.29, 1.82) is 0 Å². The molecule has 244 valence electrons. The first kappa shape index (κ1) is 32.0. The monoisotopic (exact) mass is 662 g/mol. The third-order valence-corrected chi connectivity index (χ3v) is 8.33. The van der Waals surface area contributed by atoms with E-state index in [0.717, 1.165) is 19.6 Å². The van der Waals surface area contributed by atoms with Crippen molar-refractivity contribution in [3.63, 3.8) is 0 Å². The van der Waals surface area contributed by atoms with Crippen molar-refractivity contribution in [3.8, 4) is 5.75 Å². The molecule has 2 aromatic heterocycles. The molecule has 4 atom stereocenters. The fourth-order valence-electron chi connectivity index (χ4n) is 5.68. The predicted molar refractivity (Wildman–Crippen MR) is 168 cm³/mol. The zero-order valence-electron chi connectivity index (χ0n) is 25.0. The Morgan fingerprint density at radius 3 is 2.66 bits per heavy atom. The van der Waals surface area contributed by atoms with Crippen LogP contribution < -0.4 is 10.1 Å². The summed E-state index contributed by atoms with van der Waals surface area (Å²) in [4.78, 5) is 44.3. The van der Waals surface area contributed by atoms with E-state index in [0.29, 0.717) is 40.8 Å². The molecule has 0 radical (unpaired) electrons. The van der Waals surface area contributed by atoms with Crippen LogP contribution in [0.3, 0.4) is 0 Å². The van der Waals surface area contributed by atoms with Gasteiger partial charge < -0.3 is 29.9 Å². The summed E-state index contributed by atoms with van der Waals surface area (Å²) in [6.45, 7) is 3.70. The summed E-state index contributed by atoms with van der Waals surface area (Å²) in [7, 11) is 0. The number of imidazole rings is 1. The number of amides is 1. The van der Waals surface area contributed by atoms with Gasteiger partial charge in [-0.15, -0.1) is 0 Å². The fourth-order valence-corrected chi connectivity index (χ4v) is 5.88. The summed E-state index contributed by atoms with van der Waals surface area (Å²) >= 11 is 6.29. The van der Waals surface area contributed by atoms with E-state index in [1.54, 1.807) is 18.2 Å². The summed E-state index contributed by atoms with van der Waals surface area (Å²) in [5.74, 6) is -0.684. The quantitative estimate of drug-likeness (QED) is 0.121. The Morgan fingerprint density at radius 2 is 1.91 bits per heavy atom. The molecular formula is C30H31ClN10O6. The largest absolute Gasteiger partial charge is 0.483 e. The maximum absolute atomic E-state index is 13.0. The number of carboxylic acid groups (broad SMARTS) is 1. The van der Waals surface area contributed by atoms with E-state index in [1.165, 1.54) is 22.8 Å². The number of nitrogens with zero attached hydrogens (tertiary/aromatic N) is 9. The Kier molecular flexibility index (Phi) is 9.65. The van der Waals surface area contributed by atoms with Crippen LogP contribution in [0.5, 0.6) is 5.75 Å². The number of fused-ring (bicyclic) bond motifs is 1. The number of rotatable bonds is 11. The number of nitrogens with one attached hydrogen (secondary N) is 1. The van der Waals surface area contributed by atoms with Crippen molar-refractivity contribution >= 4 is 40.5 Å². The summed E-state index contributed by atoms with van der Waals surface area (Å²) in [6, 6.07) is 14.0. The molecule has 16 nitrogen and oxygen atoms in total. The Balaban J connectivity index is 1.09. The van der Waals surface area contributed by atoms with Crippen molar-refractivity contribution in [2.75, 3.05) is 38.1 Å². The molecule has 4 unspecified atom stereocenters. The number of hydrogen-bond donors (Lipinski definition) is 3. The van der Waals surface area contributed by atoms with Crippen molar-refractivity contribution in [2.45, 2.75) is 37.6 Å². The number of aromatic nitrogens is 4. The number of carbonyl (C=O) groups excluding carboxylic acids is 1. The number of aliphatic hydroxyl groups excluding tert-OH is 1. The molecule has 2 aliphatic heterocycles. The van der Waals surface area contributed by atoms with E-state index < -0.39 is 30.4 Å². The second-order valence-electron chi connectivity index (χ2n) is 11.1. The van der Waals surface area contributed by atoms with Crippen molar-refractivity contribution in [1.82, 2.24) is 29.3 Å². The minimum Gasteiger partial charge on any atom is -0.483 e. The van der Waals surface area contributed by atoms with E-state index in [9.17, 15) is 19.8 Å². The lowest BCUT2D eigenvalue weighted by Gasteiger charge is -2.34. The molecule has 0 spiro atoms. The number of benzene rings is 2. The van der Waals surface area contributed by atoms with Crippen LogP contribution >= 0.6 is 11.6 Å². The molecule has 0 bridgehead atoms. The minimum atomic E-state index is -1.56. The number of carbonyl (C=O) groups is 2. The zero-order valence-corrected chi connectivity index (χ0v) is 25.7. The fraction of sp³-hybridized carbons (Fsp3) is 0.367. The van der Waals surface area contributed by atoms with Gasteiger partial charge in [-0.3, -0.25) is 14.3 Å². The molecule has 47 heavy (non-hydrogen) atoms. The zero-order chi connectivity index (χ0) is 32.9. The minimum absolute atomic E-state index is 0.106. The molecule has 2 aliphatic rings. The SMILES string of the molecule is [N-]=[N+]=NC1C(C(=O)O)OC(n2cnc3c(NCc4cc(Cl)ccc4OCC(=O)N4CCN(Cc5ccccc5)CC4)ncnc32)C1O. The maximum Gasteiger partial charge on any atom is 0.333 e. The normalized spacial score (nSPS) is 21.4. The van der Waals surface area contributed by atoms with Crippen LogP contribution in [0.4, 0.5) is 5.82 Å². The van der Waals surface area contributed by atoms with E-state index in [1.807, 2.05) is 23.1 Å². The number of anilines is 1. The van der Waals surface area contributed by atoms with Gasteiger partial charge in [0, 0.05) is 54.8 Å². The van der Waals surface area contributed by atoms with Crippen LogP contribution in [-0.2, 0) is 27.4 Å². The van der Waals surface area contributed by atoms with Gasteiger partial charge in [-0.25, -0.2) is 19.7 Å². The van der Waals surface area contributed by atoms with Crippen LogP contribution in [0.2, 0.25) is 5.02 Å². The molecule has 2 saturated heterocycles. The van der Waals surface area contributed by atoms with E-state index in [2.05, 4.69) is 47.3 Å². The predicted octanol–water partition coefficient (Wildman–Crippen LogP) is 2.84. The van der Waals surface area contributed by atoms with Crippen LogP contribution in [0.15, 0.2) is 66.3 Å². The first-order valence-electron chi connectivity index (χ1n) is 14.8. The number of azide groups is 1. The van der Waals surface area contributed by atoms with Gasteiger partial charge >= 0.3 is 5.97 Å². The Bertz CT molecular complexity index is 1790. The molecule has 0 aliphatic carbocycles. The van der Waals surface area contributed by atoms with Crippen LogP contribution in [0.25, 0.3) is 21.6 Å². The number of carboxylic acids is 1. The second kappa shape index (κ2) is 14.2. The summed E-state index contributed by atoms with van der Waals surface area (Å²) in [5, 5.41) is 27.3.